The number of ether oxygens (including phenoxy) is 1. The standard InChI is InChI=1S/C34H24F3N5O4/c35-26-12-20(16-39)4-5-22(26)18-46-31-3-1-2-29(40-31)25-15-27(36)23(13-28(25)37)17-41-32(43)24-7-6-21(33(44)45)14-30(24)42(41)19-34(8-9-34)10-11-38/h1-7,12-15H,8-10,17-19H2,(H,44,45). The Morgan fingerprint density at radius 3 is 2.43 bits per heavy atom. The van der Waals surface area contributed by atoms with E-state index in [1.807, 2.05) is 6.07 Å². The Morgan fingerprint density at radius 2 is 1.74 bits per heavy atom. The van der Waals surface area contributed by atoms with Gasteiger partial charge in [0.1, 0.15) is 24.1 Å². The van der Waals surface area contributed by atoms with Crippen LogP contribution in [0, 0.1) is 45.5 Å². The van der Waals surface area contributed by atoms with Gasteiger partial charge in [-0.1, -0.05) is 12.1 Å². The van der Waals surface area contributed by atoms with Crippen molar-refractivity contribution in [3.8, 4) is 29.3 Å². The first-order valence-electron chi connectivity index (χ1n) is 14.2. The van der Waals surface area contributed by atoms with Crippen LogP contribution < -0.4 is 10.3 Å². The predicted molar refractivity (Wildman–Crippen MR) is 159 cm³/mol. The van der Waals surface area contributed by atoms with Crippen LogP contribution in [0.5, 0.6) is 5.88 Å². The lowest BCUT2D eigenvalue weighted by Crippen LogP contribution is -2.27. The van der Waals surface area contributed by atoms with E-state index in [9.17, 15) is 24.3 Å². The number of hydrogen-bond acceptors (Lipinski definition) is 6. The molecule has 9 nitrogen and oxygen atoms in total. The van der Waals surface area contributed by atoms with E-state index in [0.717, 1.165) is 31.0 Å². The lowest BCUT2D eigenvalue weighted by molar-refractivity contribution is 0.0697. The summed E-state index contributed by atoms with van der Waals surface area (Å²) in [5.41, 5.74) is -0.507. The molecule has 6 rings (SSSR count). The van der Waals surface area contributed by atoms with Gasteiger partial charge >= 0.3 is 5.97 Å². The van der Waals surface area contributed by atoms with Gasteiger partial charge in [0.2, 0.25) is 5.88 Å². The SMILES string of the molecule is N#CCC1(Cn2c3cc(C(=O)O)ccc3c(=O)n2Cc2cc(F)c(-c3cccc(OCc4ccc(C#N)cc4F)n3)cc2F)CC1. The van der Waals surface area contributed by atoms with Crippen LogP contribution in [0.4, 0.5) is 13.2 Å². The van der Waals surface area contributed by atoms with Gasteiger partial charge in [0.25, 0.3) is 5.56 Å². The number of halogens is 3. The molecule has 0 atom stereocenters. The zero-order valence-electron chi connectivity index (χ0n) is 24.1. The van der Waals surface area contributed by atoms with Crippen LogP contribution in [0.25, 0.3) is 22.2 Å². The van der Waals surface area contributed by atoms with Crippen molar-refractivity contribution in [3.05, 3.63) is 117 Å². The number of nitriles is 2. The monoisotopic (exact) mass is 623 g/mol. The smallest absolute Gasteiger partial charge is 0.335 e. The van der Waals surface area contributed by atoms with Gasteiger partial charge in [0.05, 0.1) is 46.4 Å². The normalized spacial score (nSPS) is 13.2. The van der Waals surface area contributed by atoms with Crippen LogP contribution in [-0.4, -0.2) is 25.4 Å². The molecular formula is C34H24F3N5O4. The lowest BCUT2D eigenvalue weighted by Gasteiger charge is -2.18. The van der Waals surface area contributed by atoms with Gasteiger partial charge in [-0.3, -0.25) is 9.48 Å². The second kappa shape index (κ2) is 11.9. The molecule has 0 amide bonds. The third-order valence-corrected chi connectivity index (χ3v) is 8.19. The fourth-order valence-corrected chi connectivity index (χ4v) is 5.42. The topological polar surface area (TPSA) is 134 Å². The molecule has 0 radical (unpaired) electrons. The van der Waals surface area contributed by atoms with Crippen LogP contribution in [0.15, 0.2) is 71.5 Å². The molecule has 1 fully saturated rings. The number of fused-ring (bicyclic) bond motifs is 1. The van der Waals surface area contributed by atoms with Crippen LogP contribution >= 0.6 is 0 Å². The van der Waals surface area contributed by atoms with E-state index < -0.39 is 34.4 Å². The number of carboxylic acids is 1. The summed E-state index contributed by atoms with van der Waals surface area (Å²) < 4.78 is 53.8. The molecule has 0 saturated heterocycles. The number of carbonyl (C=O) groups is 1. The molecule has 1 aliphatic carbocycles. The average molecular weight is 624 g/mol. The van der Waals surface area contributed by atoms with Gasteiger partial charge in [-0.2, -0.15) is 10.5 Å². The molecule has 0 aliphatic heterocycles. The molecule has 0 bridgehead atoms. The van der Waals surface area contributed by atoms with E-state index >= 15 is 8.78 Å². The average Bonchev–Trinajstić information content (AvgIpc) is 3.76. The van der Waals surface area contributed by atoms with Crippen LogP contribution in [-0.2, 0) is 19.7 Å². The van der Waals surface area contributed by atoms with Crippen molar-refractivity contribution in [1.82, 2.24) is 14.3 Å². The molecule has 12 heteroatoms. The Hall–Kier alpha value is -5.88. The van der Waals surface area contributed by atoms with Gasteiger partial charge in [0, 0.05) is 41.1 Å². The molecule has 230 valence electrons. The number of nitrogens with zero attached hydrogens (tertiary/aromatic N) is 5. The summed E-state index contributed by atoms with van der Waals surface area (Å²) in [5, 5.41) is 28.0. The minimum atomic E-state index is -1.18. The summed E-state index contributed by atoms with van der Waals surface area (Å²) in [6.45, 7) is -0.335. The van der Waals surface area contributed by atoms with Gasteiger partial charge in [-0.25, -0.2) is 27.6 Å². The molecular weight excluding hydrogens is 599 g/mol. The number of hydrogen-bond donors (Lipinski definition) is 1. The fourth-order valence-electron chi connectivity index (χ4n) is 5.42. The first-order chi connectivity index (χ1) is 22.1. The Balaban J connectivity index is 1.31. The van der Waals surface area contributed by atoms with E-state index in [4.69, 9.17) is 10.00 Å². The third-order valence-electron chi connectivity index (χ3n) is 8.19. The Kier molecular flexibility index (Phi) is 7.80. The fraction of sp³-hybridized carbons (Fsp3) is 0.206. The summed E-state index contributed by atoms with van der Waals surface area (Å²) in [4.78, 5) is 29.4. The second-order valence-corrected chi connectivity index (χ2v) is 11.3. The molecule has 1 N–H and O–H groups in total. The van der Waals surface area contributed by atoms with E-state index in [2.05, 4.69) is 11.1 Å². The van der Waals surface area contributed by atoms with Crippen molar-refractivity contribution >= 4 is 16.9 Å². The molecule has 1 saturated carbocycles. The molecule has 0 unspecified atom stereocenters. The number of pyridine rings is 1. The van der Waals surface area contributed by atoms with Gasteiger partial charge in [0.15, 0.2) is 0 Å². The predicted octanol–water partition coefficient (Wildman–Crippen LogP) is 6.17. The zero-order valence-corrected chi connectivity index (χ0v) is 24.1. The van der Waals surface area contributed by atoms with Gasteiger partial charge in [-0.15, -0.1) is 0 Å². The van der Waals surface area contributed by atoms with E-state index in [-0.39, 0.29) is 70.9 Å². The van der Waals surface area contributed by atoms with E-state index in [0.29, 0.717) is 5.52 Å². The van der Waals surface area contributed by atoms with Crippen LogP contribution in [0.1, 0.15) is 46.3 Å². The highest BCUT2D eigenvalue weighted by Crippen LogP contribution is 2.50. The van der Waals surface area contributed by atoms with Crippen molar-refractivity contribution in [3.63, 3.8) is 0 Å². The largest absolute Gasteiger partial charge is 0.478 e. The Bertz CT molecular complexity index is 2170. The molecule has 2 heterocycles. The Labute approximate surface area is 259 Å². The maximum atomic E-state index is 15.6. The third kappa shape index (κ3) is 5.81. The van der Waals surface area contributed by atoms with Crippen molar-refractivity contribution in [2.45, 2.75) is 39.0 Å². The number of rotatable bonds is 10. The van der Waals surface area contributed by atoms with Crippen molar-refractivity contribution < 1.29 is 27.8 Å². The van der Waals surface area contributed by atoms with Gasteiger partial charge in [-0.05, 0) is 61.4 Å². The molecule has 1 aliphatic rings. The number of carboxylic acid groups (broad SMARTS) is 1. The summed E-state index contributed by atoms with van der Waals surface area (Å²) in [6, 6.07) is 18.4. The quantitative estimate of drug-likeness (QED) is 0.197. The van der Waals surface area contributed by atoms with E-state index in [1.165, 1.54) is 53.2 Å². The summed E-state index contributed by atoms with van der Waals surface area (Å²) >= 11 is 0. The zero-order chi connectivity index (χ0) is 32.6. The molecule has 3 aromatic carbocycles. The highest BCUT2D eigenvalue weighted by Gasteiger charge is 2.43. The first kappa shape index (κ1) is 30.2. The molecule has 5 aromatic rings. The van der Waals surface area contributed by atoms with Gasteiger partial charge < -0.3 is 9.84 Å². The molecule has 2 aromatic heterocycles. The maximum absolute atomic E-state index is 15.6. The number of aromatic carboxylic acids is 1. The van der Waals surface area contributed by atoms with Crippen molar-refractivity contribution in [2.24, 2.45) is 5.41 Å². The van der Waals surface area contributed by atoms with E-state index in [1.54, 1.807) is 4.68 Å². The highest BCUT2D eigenvalue weighted by atomic mass is 19.1. The summed E-state index contributed by atoms with van der Waals surface area (Å²) in [7, 11) is 0. The molecule has 46 heavy (non-hydrogen) atoms. The summed E-state index contributed by atoms with van der Waals surface area (Å²) in [5.74, 6) is -3.39. The first-order valence-corrected chi connectivity index (χ1v) is 14.2. The Morgan fingerprint density at radius 1 is 0.957 bits per heavy atom. The minimum absolute atomic E-state index is 0.0355. The maximum Gasteiger partial charge on any atom is 0.335 e. The minimum Gasteiger partial charge on any atom is -0.478 e. The second-order valence-electron chi connectivity index (χ2n) is 11.3. The number of aromatic nitrogens is 3. The number of benzene rings is 3. The van der Waals surface area contributed by atoms with Crippen molar-refractivity contribution in [1.29, 1.82) is 10.5 Å². The molecule has 0 spiro atoms. The lowest BCUT2D eigenvalue weighted by atomic mass is 10.0. The van der Waals surface area contributed by atoms with Crippen LogP contribution in [0.2, 0.25) is 0 Å². The van der Waals surface area contributed by atoms with Crippen LogP contribution in [0.3, 0.4) is 0 Å². The summed E-state index contributed by atoms with van der Waals surface area (Å²) in [6.07, 6.45) is 1.71. The van der Waals surface area contributed by atoms with Crippen molar-refractivity contribution in [2.75, 3.05) is 0 Å². The highest BCUT2D eigenvalue weighted by molar-refractivity contribution is 5.93.